The molecule has 1 aromatic rings. The average Bonchev–Trinajstić information content (AvgIpc) is 2.20. The smallest absolute Gasteiger partial charge is 0.300 e. The Morgan fingerprint density at radius 2 is 2.07 bits per heavy atom. The topological polar surface area (TPSA) is 40.5 Å². The SMILES string of the molecule is Cc1ccc(C(F)(F)C(O)CO)cc1Cl. The van der Waals surface area contributed by atoms with Gasteiger partial charge in [-0.25, -0.2) is 0 Å². The van der Waals surface area contributed by atoms with E-state index in [1.165, 1.54) is 12.1 Å². The summed E-state index contributed by atoms with van der Waals surface area (Å²) in [6, 6.07) is 3.71. The zero-order valence-electron chi connectivity index (χ0n) is 8.04. The first-order chi connectivity index (χ1) is 6.89. The second-order valence-corrected chi connectivity index (χ2v) is 3.69. The second-order valence-electron chi connectivity index (χ2n) is 3.29. The van der Waals surface area contributed by atoms with Gasteiger partial charge in [0.2, 0.25) is 0 Å². The second kappa shape index (κ2) is 4.43. The van der Waals surface area contributed by atoms with Crippen molar-refractivity contribution in [3.8, 4) is 0 Å². The minimum absolute atomic E-state index is 0.206. The third-order valence-corrected chi connectivity index (χ3v) is 2.56. The maximum atomic E-state index is 13.4. The van der Waals surface area contributed by atoms with Crippen LogP contribution >= 0.6 is 11.6 Å². The molecular weight excluding hydrogens is 226 g/mol. The van der Waals surface area contributed by atoms with Gasteiger partial charge in [0.15, 0.2) is 0 Å². The van der Waals surface area contributed by atoms with Gasteiger partial charge in [-0.15, -0.1) is 0 Å². The summed E-state index contributed by atoms with van der Waals surface area (Å²) in [7, 11) is 0. The highest BCUT2D eigenvalue weighted by molar-refractivity contribution is 6.31. The van der Waals surface area contributed by atoms with Gasteiger partial charge in [0.05, 0.1) is 6.61 Å². The lowest BCUT2D eigenvalue weighted by Gasteiger charge is -2.21. The third-order valence-electron chi connectivity index (χ3n) is 2.15. The summed E-state index contributed by atoms with van der Waals surface area (Å²) in [5.74, 6) is -3.49. The molecule has 5 heteroatoms. The molecule has 15 heavy (non-hydrogen) atoms. The Morgan fingerprint density at radius 1 is 1.47 bits per heavy atom. The molecule has 84 valence electrons. The van der Waals surface area contributed by atoms with Crippen molar-refractivity contribution in [2.75, 3.05) is 6.61 Å². The summed E-state index contributed by atoms with van der Waals surface area (Å²) in [6.07, 6.45) is -2.11. The molecule has 0 saturated heterocycles. The Hall–Kier alpha value is -0.710. The van der Waals surface area contributed by atoms with E-state index in [0.717, 1.165) is 6.07 Å². The third kappa shape index (κ3) is 2.45. The van der Waals surface area contributed by atoms with Crippen LogP contribution in [0.2, 0.25) is 5.02 Å². The number of rotatable bonds is 3. The molecule has 0 spiro atoms. The first-order valence-corrected chi connectivity index (χ1v) is 4.70. The van der Waals surface area contributed by atoms with Gasteiger partial charge in [-0.1, -0.05) is 23.7 Å². The van der Waals surface area contributed by atoms with Crippen LogP contribution in [0.3, 0.4) is 0 Å². The van der Waals surface area contributed by atoms with Crippen molar-refractivity contribution in [2.24, 2.45) is 0 Å². The Balaban J connectivity index is 3.10. The molecule has 0 bridgehead atoms. The highest BCUT2D eigenvalue weighted by atomic mass is 35.5. The summed E-state index contributed by atoms with van der Waals surface area (Å²) >= 11 is 5.69. The van der Waals surface area contributed by atoms with E-state index in [1.807, 2.05) is 0 Å². The average molecular weight is 237 g/mol. The van der Waals surface area contributed by atoms with Gasteiger partial charge in [-0.2, -0.15) is 8.78 Å². The normalized spacial score (nSPS) is 14.0. The van der Waals surface area contributed by atoms with E-state index >= 15 is 0 Å². The van der Waals surface area contributed by atoms with Crippen molar-refractivity contribution in [3.63, 3.8) is 0 Å². The zero-order chi connectivity index (χ0) is 11.6. The lowest BCUT2D eigenvalue weighted by Crippen LogP contribution is -2.33. The molecule has 0 fully saturated rings. The van der Waals surface area contributed by atoms with Gasteiger partial charge in [0.25, 0.3) is 0 Å². The van der Waals surface area contributed by atoms with Crippen molar-refractivity contribution in [3.05, 3.63) is 34.3 Å². The van der Waals surface area contributed by atoms with Crippen molar-refractivity contribution in [1.82, 2.24) is 0 Å². The fourth-order valence-electron chi connectivity index (χ4n) is 1.11. The van der Waals surface area contributed by atoms with E-state index in [4.69, 9.17) is 21.8 Å². The van der Waals surface area contributed by atoms with Gasteiger partial charge in [-0.05, 0) is 18.6 Å². The maximum absolute atomic E-state index is 13.4. The zero-order valence-corrected chi connectivity index (χ0v) is 8.80. The molecule has 1 aromatic carbocycles. The number of hydrogen-bond acceptors (Lipinski definition) is 2. The molecule has 2 N–H and O–H groups in total. The lowest BCUT2D eigenvalue weighted by molar-refractivity contribution is -0.131. The molecule has 0 aromatic heterocycles. The number of alkyl halides is 2. The van der Waals surface area contributed by atoms with Crippen LogP contribution in [0.25, 0.3) is 0 Å². The van der Waals surface area contributed by atoms with Crippen molar-refractivity contribution in [1.29, 1.82) is 0 Å². The molecule has 2 nitrogen and oxygen atoms in total. The predicted octanol–water partition coefficient (Wildman–Crippen LogP) is 2.09. The van der Waals surface area contributed by atoms with E-state index in [9.17, 15) is 8.78 Å². The van der Waals surface area contributed by atoms with Crippen LogP contribution in [-0.2, 0) is 5.92 Å². The van der Waals surface area contributed by atoms with Crippen molar-refractivity contribution < 1.29 is 19.0 Å². The van der Waals surface area contributed by atoms with Crippen LogP contribution < -0.4 is 0 Å². The van der Waals surface area contributed by atoms with Crippen LogP contribution in [-0.4, -0.2) is 22.9 Å². The summed E-state index contributed by atoms with van der Waals surface area (Å²) in [5.41, 5.74) is 0.273. The molecular formula is C10H11ClF2O2. The number of aliphatic hydroxyl groups is 2. The minimum Gasteiger partial charge on any atom is -0.393 e. The van der Waals surface area contributed by atoms with E-state index in [2.05, 4.69) is 0 Å². The largest absolute Gasteiger partial charge is 0.393 e. The first-order valence-electron chi connectivity index (χ1n) is 4.33. The Labute approximate surface area is 91.1 Å². The quantitative estimate of drug-likeness (QED) is 0.844. The Morgan fingerprint density at radius 3 is 2.53 bits per heavy atom. The van der Waals surface area contributed by atoms with Crippen LogP contribution in [0.15, 0.2) is 18.2 Å². The summed E-state index contributed by atoms with van der Waals surface area (Å²) < 4.78 is 26.8. The Bertz CT molecular complexity index is 355. The van der Waals surface area contributed by atoms with E-state index in [-0.39, 0.29) is 5.02 Å². The van der Waals surface area contributed by atoms with E-state index < -0.39 is 24.2 Å². The molecule has 1 unspecified atom stereocenters. The standard InChI is InChI=1S/C10H11ClF2O2/c1-6-2-3-7(4-8(6)11)10(12,13)9(15)5-14/h2-4,9,14-15H,5H2,1H3. The molecule has 0 aliphatic heterocycles. The first kappa shape index (κ1) is 12.4. The monoisotopic (exact) mass is 236 g/mol. The van der Waals surface area contributed by atoms with Crippen molar-refractivity contribution in [2.45, 2.75) is 19.0 Å². The van der Waals surface area contributed by atoms with Gasteiger partial charge in [0, 0.05) is 10.6 Å². The summed E-state index contributed by atoms with van der Waals surface area (Å²) in [6.45, 7) is 0.686. The highest BCUT2D eigenvalue weighted by Gasteiger charge is 2.40. The number of aryl methyl sites for hydroxylation is 1. The molecule has 0 aliphatic carbocycles. The molecule has 0 radical (unpaired) electrons. The molecule has 0 heterocycles. The molecule has 0 aliphatic rings. The van der Waals surface area contributed by atoms with Gasteiger partial charge < -0.3 is 10.2 Å². The van der Waals surface area contributed by atoms with E-state index in [0.29, 0.717) is 5.56 Å². The number of halogens is 3. The molecule has 0 saturated carbocycles. The maximum Gasteiger partial charge on any atom is 0.300 e. The Kier molecular flexibility index (Phi) is 3.65. The summed E-state index contributed by atoms with van der Waals surface area (Å²) in [4.78, 5) is 0. The number of aliphatic hydroxyl groups excluding tert-OH is 2. The number of hydrogen-bond donors (Lipinski definition) is 2. The van der Waals surface area contributed by atoms with Crippen LogP contribution in [0.4, 0.5) is 8.78 Å². The van der Waals surface area contributed by atoms with Crippen LogP contribution in [0.1, 0.15) is 11.1 Å². The van der Waals surface area contributed by atoms with Gasteiger partial charge in [0.1, 0.15) is 6.10 Å². The molecule has 0 amide bonds. The van der Waals surface area contributed by atoms with E-state index in [1.54, 1.807) is 6.92 Å². The minimum atomic E-state index is -3.49. The summed E-state index contributed by atoms with van der Waals surface area (Å²) in [5, 5.41) is 17.7. The van der Waals surface area contributed by atoms with Crippen molar-refractivity contribution >= 4 is 11.6 Å². The van der Waals surface area contributed by atoms with Crippen LogP contribution in [0.5, 0.6) is 0 Å². The van der Waals surface area contributed by atoms with Crippen LogP contribution in [0, 0.1) is 6.92 Å². The fourth-order valence-corrected chi connectivity index (χ4v) is 1.29. The molecule has 1 rings (SSSR count). The van der Waals surface area contributed by atoms with Gasteiger partial charge in [-0.3, -0.25) is 0 Å². The number of benzene rings is 1. The van der Waals surface area contributed by atoms with Gasteiger partial charge >= 0.3 is 5.92 Å². The lowest BCUT2D eigenvalue weighted by atomic mass is 10.0. The highest BCUT2D eigenvalue weighted by Crippen LogP contribution is 2.33. The fraction of sp³-hybridized carbons (Fsp3) is 0.400. The molecule has 1 atom stereocenters. The predicted molar refractivity (Wildman–Crippen MR) is 53.2 cm³/mol.